The largest absolute Gasteiger partial charge is 0.363 e. The zero-order chi connectivity index (χ0) is 15.0. The van der Waals surface area contributed by atoms with Gasteiger partial charge in [-0.25, -0.2) is 4.39 Å². The van der Waals surface area contributed by atoms with Crippen LogP contribution in [0.2, 0.25) is 0 Å². The number of likely N-dealkylation sites (N-methyl/N-ethyl adjacent to an activating group) is 1. The molecule has 1 aliphatic heterocycles. The summed E-state index contributed by atoms with van der Waals surface area (Å²) < 4.78 is 13.9. The Labute approximate surface area is 125 Å². The highest BCUT2D eigenvalue weighted by atomic mass is 79.9. The lowest BCUT2D eigenvalue weighted by Crippen LogP contribution is -2.55. The van der Waals surface area contributed by atoms with Gasteiger partial charge in [0.05, 0.1) is 9.40 Å². The molecule has 2 unspecified atom stereocenters. The third kappa shape index (κ3) is 2.78. The van der Waals surface area contributed by atoms with Gasteiger partial charge in [-0.2, -0.15) is 0 Å². The lowest BCUT2D eigenvalue weighted by Gasteiger charge is -2.43. The van der Waals surface area contributed by atoms with E-state index in [-0.39, 0.29) is 22.2 Å². The van der Waals surface area contributed by atoms with Gasteiger partial charge in [-0.3, -0.25) is 15.0 Å². The third-order valence-electron chi connectivity index (χ3n) is 3.91. The number of nitro benzene ring substituents is 1. The minimum absolute atomic E-state index is 0.0674. The molecule has 110 valence electrons. The van der Waals surface area contributed by atoms with E-state index < -0.39 is 10.7 Å². The molecule has 0 amide bonds. The molecule has 7 heteroatoms. The summed E-state index contributed by atoms with van der Waals surface area (Å²) in [5, 5.41) is 11.2. The molecule has 2 atom stereocenters. The van der Waals surface area contributed by atoms with Gasteiger partial charge in [0.15, 0.2) is 0 Å². The number of hydrogen-bond acceptors (Lipinski definition) is 4. The smallest absolute Gasteiger partial charge is 0.293 e. The number of piperazine rings is 1. The molecule has 0 saturated carbocycles. The molecule has 2 rings (SSSR count). The average Bonchev–Trinajstić information content (AvgIpc) is 2.37. The standard InChI is InChI=1S/C13H17BrFN3O2/c1-8-6-17(7-9(2)16(8)3)12-5-11(15)10(14)4-13(12)18(19)20/h4-5,8-9H,6-7H2,1-3H3. The van der Waals surface area contributed by atoms with Crippen LogP contribution in [0, 0.1) is 15.9 Å². The minimum Gasteiger partial charge on any atom is -0.363 e. The summed E-state index contributed by atoms with van der Waals surface area (Å²) in [6, 6.07) is 2.99. The van der Waals surface area contributed by atoms with Gasteiger partial charge < -0.3 is 4.90 Å². The van der Waals surface area contributed by atoms with Gasteiger partial charge in [0.2, 0.25) is 0 Å². The molecule has 1 aromatic rings. The van der Waals surface area contributed by atoms with Crippen LogP contribution in [-0.2, 0) is 0 Å². The van der Waals surface area contributed by atoms with Gasteiger partial charge >= 0.3 is 0 Å². The quantitative estimate of drug-likeness (QED) is 0.610. The Bertz CT molecular complexity index is 529. The molecule has 1 saturated heterocycles. The molecule has 1 fully saturated rings. The van der Waals surface area contributed by atoms with Crippen LogP contribution in [0.25, 0.3) is 0 Å². The second-order valence-corrected chi connectivity index (χ2v) is 6.13. The van der Waals surface area contributed by atoms with Gasteiger partial charge in [0, 0.05) is 37.3 Å². The van der Waals surface area contributed by atoms with E-state index >= 15 is 0 Å². The summed E-state index contributed by atoms with van der Waals surface area (Å²) >= 11 is 3.00. The number of anilines is 1. The number of halogens is 2. The molecule has 0 aliphatic carbocycles. The first-order valence-electron chi connectivity index (χ1n) is 6.41. The minimum atomic E-state index is -0.482. The molecule has 1 aromatic carbocycles. The number of nitrogens with zero attached hydrogens (tertiary/aromatic N) is 3. The maximum absolute atomic E-state index is 13.7. The molecule has 1 aliphatic rings. The molecule has 1 heterocycles. The Morgan fingerprint density at radius 1 is 1.35 bits per heavy atom. The summed E-state index contributed by atoms with van der Waals surface area (Å²) in [4.78, 5) is 14.8. The van der Waals surface area contributed by atoms with Gasteiger partial charge in [-0.15, -0.1) is 0 Å². The number of rotatable bonds is 2. The van der Waals surface area contributed by atoms with E-state index in [1.807, 2.05) is 11.9 Å². The van der Waals surface area contributed by atoms with Crippen molar-refractivity contribution in [2.45, 2.75) is 25.9 Å². The fourth-order valence-corrected chi connectivity index (χ4v) is 2.86. The van der Waals surface area contributed by atoms with E-state index in [0.29, 0.717) is 18.8 Å². The SMILES string of the molecule is CC1CN(c2cc(F)c(Br)cc2[N+](=O)[O-])CC(C)N1C. The highest BCUT2D eigenvalue weighted by Gasteiger charge is 2.31. The highest BCUT2D eigenvalue weighted by Crippen LogP contribution is 2.35. The normalized spacial score (nSPS) is 23.9. The summed E-state index contributed by atoms with van der Waals surface area (Å²) in [6.07, 6.45) is 0. The Morgan fingerprint density at radius 2 is 1.90 bits per heavy atom. The first kappa shape index (κ1) is 15.2. The van der Waals surface area contributed by atoms with E-state index in [9.17, 15) is 14.5 Å². The molecule has 0 spiro atoms. The van der Waals surface area contributed by atoms with Gasteiger partial charge in [0.1, 0.15) is 11.5 Å². The van der Waals surface area contributed by atoms with Crippen molar-refractivity contribution in [3.8, 4) is 0 Å². The summed E-state index contributed by atoms with van der Waals surface area (Å²) in [6.45, 7) is 5.40. The van der Waals surface area contributed by atoms with Crippen LogP contribution in [0.1, 0.15) is 13.8 Å². The van der Waals surface area contributed by atoms with Crippen LogP contribution in [0.4, 0.5) is 15.8 Å². The van der Waals surface area contributed by atoms with Gasteiger partial charge in [-0.1, -0.05) is 0 Å². The lowest BCUT2D eigenvalue weighted by molar-refractivity contribution is -0.384. The van der Waals surface area contributed by atoms with Crippen LogP contribution in [0.5, 0.6) is 0 Å². The van der Waals surface area contributed by atoms with Crippen LogP contribution < -0.4 is 4.90 Å². The fraction of sp³-hybridized carbons (Fsp3) is 0.538. The van der Waals surface area contributed by atoms with Crippen LogP contribution in [-0.4, -0.2) is 42.0 Å². The summed E-state index contributed by atoms with van der Waals surface area (Å²) in [5.74, 6) is -0.482. The van der Waals surface area contributed by atoms with Crippen LogP contribution in [0.15, 0.2) is 16.6 Å². The van der Waals surface area contributed by atoms with Crippen LogP contribution >= 0.6 is 15.9 Å². The molecule has 0 bridgehead atoms. The highest BCUT2D eigenvalue weighted by molar-refractivity contribution is 9.10. The van der Waals surface area contributed by atoms with Crippen molar-refractivity contribution in [1.29, 1.82) is 0 Å². The summed E-state index contributed by atoms with van der Waals surface area (Å²) in [7, 11) is 2.03. The van der Waals surface area contributed by atoms with Crippen molar-refractivity contribution < 1.29 is 9.31 Å². The predicted octanol–water partition coefficient (Wildman–Crippen LogP) is 3.03. The zero-order valence-corrected chi connectivity index (χ0v) is 13.2. The monoisotopic (exact) mass is 345 g/mol. The Balaban J connectivity index is 2.42. The molecule has 0 N–H and O–H groups in total. The van der Waals surface area contributed by atoms with E-state index in [0.717, 1.165) is 0 Å². The predicted molar refractivity (Wildman–Crippen MR) is 79.7 cm³/mol. The first-order valence-corrected chi connectivity index (χ1v) is 7.21. The van der Waals surface area contributed by atoms with Crippen LogP contribution in [0.3, 0.4) is 0 Å². The molecular weight excluding hydrogens is 329 g/mol. The summed E-state index contributed by atoms with van der Waals surface area (Å²) in [5.41, 5.74) is 0.282. The van der Waals surface area contributed by atoms with Crippen molar-refractivity contribution in [2.75, 3.05) is 25.0 Å². The van der Waals surface area contributed by atoms with Crippen molar-refractivity contribution >= 4 is 27.3 Å². The number of hydrogen-bond donors (Lipinski definition) is 0. The molecule has 0 aromatic heterocycles. The molecule has 20 heavy (non-hydrogen) atoms. The van der Waals surface area contributed by atoms with Crippen molar-refractivity contribution in [3.63, 3.8) is 0 Å². The molecule has 5 nitrogen and oxygen atoms in total. The zero-order valence-electron chi connectivity index (χ0n) is 11.6. The van der Waals surface area contributed by atoms with E-state index in [1.54, 1.807) is 0 Å². The Morgan fingerprint density at radius 3 is 2.40 bits per heavy atom. The first-order chi connectivity index (χ1) is 9.31. The number of nitro groups is 1. The Kier molecular flexibility index (Phi) is 4.29. The second kappa shape index (κ2) is 5.65. The third-order valence-corrected chi connectivity index (χ3v) is 4.52. The maximum atomic E-state index is 13.7. The maximum Gasteiger partial charge on any atom is 0.293 e. The van der Waals surface area contributed by atoms with Crippen molar-refractivity contribution in [1.82, 2.24) is 4.90 Å². The molecule has 0 radical (unpaired) electrons. The lowest BCUT2D eigenvalue weighted by atomic mass is 10.1. The average molecular weight is 346 g/mol. The molecular formula is C13H17BrFN3O2. The second-order valence-electron chi connectivity index (χ2n) is 5.28. The van der Waals surface area contributed by atoms with E-state index in [1.165, 1.54) is 12.1 Å². The van der Waals surface area contributed by atoms with Crippen molar-refractivity contribution in [3.05, 3.63) is 32.5 Å². The fourth-order valence-electron chi connectivity index (χ4n) is 2.53. The van der Waals surface area contributed by atoms with Gasteiger partial charge in [0.25, 0.3) is 5.69 Å². The van der Waals surface area contributed by atoms with E-state index in [2.05, 4.69) is 34.7 Å². The Hall–Kier alpha value is -1.21. The topological polar surface area (TPSA) is 49.6 Å². The van der Waals surface area contributed by atoms with Gasteiger partial charge in [-0.05, 0) is 36.8 Å². The van der Waals surface area contributed by atoms with E-state index in [4.69, 9.17) is 0 Å². The van der Waals surface area contributed by atoms with Crippen molar-refractivity contribution in [2.24, 2.45) is 0 Å². The number of benzene rings is 1.